The van der Waals surface area contributed by atoms with Crippen molar-refractivity contribution >= 4 is 91.5 Å². The number of benzene rings is 3. The topological polar surface area (TPSA) is 165 Å². The van der Waals surface area contributed by atoms with Gasteiger partial charge in [0.1, 0.15) is 30.3 Å². The molecule has 3 aromatic carbocycles. The van der Waals surface area contributed by atoms with Gasteiger partial charge in [0.25, 0.3) is 0 Å². The Hall–Kier alpha value is -5.71. The van der Waals surface area contributed by atoms with Crippen molar-refractivity contribution in [3.8, 4) is 5.75 Å². The van der Waals surface area contributed by atoms with Crippen LogP contribution < -0.4 is 35.8 Å². The van der Waals surface area contributed by atoms with E-state index >= 15 is 8.78 Å². The number of hydrogen-bond acceptors (Lipinski definition) is 13. The minimum atomic E-state index is -2.75. The highest BCUT2D eigenvalue weighted by Gasteiger charge is 2.46. The number of aryl methyl sites for hydroxylation is 2. The summed E-state index contributed by atoms with van der Waals surface area (Å²) in [7, 11) is -1.10. The number of anilines is 6. The summed E-state index contributed by atoms with van der Waals surface area (Å²) in [4.78, 5) is 61.1. The van der Waals surface area contributed by atoms with Crippen LogP contribution in [0.2, 0.25) is 0 Å². The van der Waals surface area contributed by atoms with Crippen LogP contribution in [0.1, 0.15) is 69.2 Å². The van der Waals surface area contributed by atoms with Crippen LogP contribution >= 0.6 is 23.1 Å². The number of imide groups is 1. The van der Waals surface area contributed by atoms with Crippen molar-refractivity contribution in [3.63, 3.8) is 0 Å². The van der Waals surface area contributed by atoms with Crippen molar-refractivity contribution in [2.45, 2.75) is 71.8 Å². The third-order valence-corrected chi connectivity index (χ3v) is 16.9. The number of piperazine rings is 1. The van der Waals surface area contributed by atoms with Crippen molar-refractivity contribution < 1.29 is 32.5 Å². The number of aromatic nitrogens is 3. The molecule has 5 aromatic rings. The standard InChI is InChI=1S/C52H62BrF2N10O5P/c1-8-31-23-42(59-51-56-27-37(53)48(61-51)58-41-13-12-40-34(10-9-30(2)57-40)47(41)71(6,7)69)44(70-5)26-43(31)63-17-15-32(16-18-63)62-19-21-64(22-20-62)50(68)36-28-65(29-52(36,3)4)33-24-38(54)46(39(55)25-33)35-11-14-45(66)60-49(35)67/h9-10,12-13,23-27,32,35-36H,8,11,14-22,28-29H2,1-7H3,(H,60,66,67)(H2,56,58,59,61)/t35-,36-/m1/s1. The van der Waals surface area contributed by atoms with Gasteiger partial charge in [0.2, 0.25) is 23.7 Å². The van der Waals surface area contributed by atoms with Crippen molar-refractivity contribution in [1.82, 2.24) is 30.1 Å². The van der Waals surface area contributed by atoms with Crippen LogP contribution in [0.4, 0.5) is 43.3 Å². The molecule has 71 heavy (non-hydrogen) atoms. The highest BCUT2D eigenvalue weighted by molar-refractivity contribution is 9.10. The zero-order valence-electron chi connectivity index (χ0n) is 41.4. The Labute approximate surface area is 422 Å². The number of amides is 3. The van der Waals surface area contributed by atoms with Crippen LogP contribution in [-0.4, -0.2) is 121 Å². The molecule has 376 valence electrons. The van der Waals surface area contributed by atoms with Gasteiger partial charge in [-0.15, -0.1) is 0 Å². The van der Waals surface area contributed by atoms with Crippen molar-refractivity contribution in [1.29, 1.82) is 0 Å². The first-order valence-electron chi connectivity index (χ1n) is 24.4. The van der Waals surface area contributed by atoms with Crippen molar-refractivity contribution in [2.75, 3.05) is 93.2 Å². The van der Waals surface area contributed by atoms with E-state index in [9.17, 15) is 18.9 Å². The largest absolute Gasteiger partial charge is 0.494 e. The maximum absolute atomic E-state index is 15.5. The van der Waals surface area contributed by atoms with Gasteiger partial charge in [0.15, 0.2) is 0 Å². The maximum atomic E-state index is 15.5. The normalized spacial score (nSPS) is 20.1. The molecule has 4 saturated heterocycles. The zero-order valence-corrected chi connectivity index (χ0v) is 43.9. The fraction of sp³-hybridized carbons (Fsp3) is 0.462. The molecule has 0 radical (unpaired) electrons. The van der Waals surface area contributed by atoms with Crippen LogP contribution in [0.5, 0.6) is 5.75 Å². The number of piperidine rings is 2. The monoisotopic (exact) mass is 1050 g/mol. The summed E-state index contributed by atoms with van der Waals surface area (Å²) in [5.74, 6) is -2.64. The maximum Gasteiger partial charge on any atom is 0.234 e. The Morgan fingerprint density at radius 1 is 0.930 bits per heavy atom. The molecule has 6 heterocycles. The average Bonchev–Trinajstić information content (AvgIpc) is 3.66. The van der Waals surface area contributed by atoms with E-state index in [4.69, 9.17) is 9.72 Å². The molecule has 15 nitrogen and oxygen atoms in total. The molecule has 4 aliphatic rings. The first-order valence-corrected chi connectivity index (χ1v) is 27.8. The number of ether oxygens (including phenoxy) is 1. The second-order valence-corrected chi connectivity index (χ2v) is 24.3. The fourth-order valence-corrected chi connectivity index (χ4v) is 12.8. The summed E-state index contributed by atoms with van der Waals surface area (Å²) in [6, 6.07) is 14.8. The molecule has 0 saturated carbocycles. The van der Waals surface area contributed by atoms with Gasteiger partial charge in [-0.1, -0.05) is 26.8 Å². The molecule has 4 aliphatic heterocycles. The number of carbonyl (C=O) groups is 3. The molecule has 3 amide bonds. The Balaban J connectivity index is 0.811. The molecule has 0 aliphatic carbocycles. The lowest BCUT2D eigenvalue weighted by Gasteiger charge is -2.44. The van der Waals surface area contributed by atoms with Crippen LogP contribution in [0.25, 0.3) is 10.9 Å². The van der Waals surface area contributed by atoms with Gasteiger partial charge in [-0.3, -0.25) is 29.6 Å². The molecule has 3 N–H and O–H groups in total. The number of carbonyl (C=O) groups excluding carboxylic acids is 3. The van der Waals surface area contributed by atoms with E-state index in [0.29, 0.717) is 70.9 Å². The quantitative estimate of drug-likeness (QED) is 0.0806. The van der Waals surface area contributed by atoms with Crippen molar-refractivity contribution in [2.24, 2.45) is 11.3 Å². The summed E-state index contributed by atoms with van der Waals surface area (Å²) >= 11 is 3.61. The SMILES string of the molecule is CCc1cc(Nc2ncc(Br)c(Nc3ccc4nc(C)ccc4c3P(C)(C)=O)n2)c(OC)cc1N1CCC(N2CCN(C(=O)[C@H]3CN(c4cc(F)c([C@H]5CCC(=O)NC5=O)c(F)c4)CC3(C)C)CC2)CC1. The molecule has 2 atom stereocenters. The summed E-state index contributed by atoms with van der Waals surface area (Å²) in [6.45, 7) is 16.9. The molecule has 0 unspecified atom stereocenters. The molecule has 0 spiro atoms. The van der Waals surface area contributed by atoms with Crippen molar-refractivity contribution in [3.05, 3.63) is 87.7 Å². The first kappa shape index (κ1) is 50.2. The second kappa shape index (κ2) is 20.1. The predicted octanol–water partition coefficient (Wildman–Crippen LogP) is 8.48. The molecule has 4 fully saturated rings. The third kappa shape index (κ3) is 10.3. The Morgan fingerprint density at radius 3 is 2.31 bits per heavy atom. The molecular weight excluding hydrogens is 994 g/mol. The number of hydrogen-bond donors (Lipinski definition) is 3. The summed E-state index contributed by atoms with van der Waals surface area (Å²) < 4.78 is 51.3. The molecular formula is C52H62BrF2N10O5P. The van der Waals surface area contributed by atoms with E-state index in [-0.39, 0.29) is 30.2 Å². The lowest BCUT2D eigenvalue weighted by atomic mass is 9.81. The third-order valence-electron chi connectivity index (χ3n) is 14.8. The van der Waals surface area contributed by atoms with Gasteiger partial charge < -0.3 is 34.6 Å². The highest BCUT2D eigenvalue weighted by atomic mass is 79.9. The van der Waals surface area contributed by atoms with E-state index in [2.05, 4.69) is 70.7 Å². The summed E-state index contributed by atoms with van der Waals surface area (Å²) in [5, 5.41) is 10.5. The van der Waals surface area contributed by atoms with Gasteiger partial charge in [0.05, 0.1) is 40.3 Å². The Kier molecular flexibility index (Phi) is 14.2. The second-order valence-electron chi connectivity index (χ2n) is 20.3. The number of methoxy groups -OCH3 is 1. The molecule has 9 rings (SSSR count). The summed E-state index contributed by atoms with van der Waals surface area (Å²) in [5.41, 5.74) is 4.94. The number of halogens is 3. The van der Waals surface area contributed by atoms with Crippen LogP contribution in [0.3, 0.4) is 0 Å². The first-order chi connectivity index (χ1) is 33.8. The zero-order chi connectivity index (χ0) is 50.5. The van der Waals surface area contributed by atoms with Crippen LogP contribution in [0.15, 0.2) is 59.2 Å². The number of nitrogens with one attached hydrogen (secondary N) is 3. The highest BCUT2D eigenvalue weighted by Crippen LogP contribution is 2.44. The summed E-state index contributed by atoms with van der Waals surface area (Å²) in [6.07, 6.45) is 4.50. The molecule has 2 aromatic heterocycles. The van der Waals surface area contributed by atoms with Crippen LogP contribution in [-0.2, 0) is 25.4 Å². The number of pyridine rings is 1. The molecule has 0 bridgehead atoms. The van der Waals surface area contributed by atoms with Gasteiger partial charge >= 0.3 is 0 Å². The van der Waals surface area contributed by atoms with E-state index in [1.165, 1.54) is 12.1 Å². The average molecular weight is 1060 g/mol. The Bertz CT molecular complexity index is 2930. The number of nitrogens with zero attached hydrogens (tertiary/aromatic N) is 7. The predicted molar refractivity (Wildman–Crippen MR) is 279 cm³/mol. The van der Waals surface area contributed by atoms with E-state index in [1.807, 2.05) is 54.8 Å². The number of rotatable bonds is 12. The lowest BCUT2D eigenvalue weighted by Crippen LogP contribution is -2.56. The van der Waals surface area contributed by atoms with Gasteiger partial charge in [-0.25, -0.2) is 13.8 Å². The van der Waals surface area contributed by atoms with E-state index in [0.717, 1.165) is 79.0 Å². The fourth-order valence-electron chi connectivity index (χ4n) is 11.0. The van der Waals surface area contributed by atoms with Gasteiger partial charge in [-0.2, -0.15) is 4.98 Å². The van der Waals surface area contributed by atoms with E-state index < -0.39 is 41.9 Å². The van der Waals surface area contributed by atoms with Crippen LogP contribution in [0, 0.1) is 29.9 Å². The minimum Gasteiger partial charge on any atom is -0.494 e. The van der Waals surface area contributed by atoms with Gasteiger partial charge in [0, 0.05) is 110 Å². The minimum absolute atomic E-state index is 0.0204. The van der Waals surface area contributed by atoms with E-state index in [1.54, 1.807) is 26.6 Å². The molecule has 19 heteroatoms. The Morgan fingerprint density at radius 2 is 1.65 bits per heavy atom. The smallest absolute Gasteiger partial charge is 0.234 e. The lowest BCUT2D eigenvalue weighted by molar-refractivity contribution is -0.140. The van der Waals surface area contributed by atoms with Gasteiger partial charge in [-0.05, 0) is 109 Å². The number of fused-ring (bicyclic) bond motifs is 1.